The van der Waals surface area contributed by atoms with Gasteiger partial charge in [0.2, 0.25) is 0 Å². The molecule has 0 radical (unpaired) electrons. The molecular weight excluding hydrogens is 321 g/mol. The minimum absolute atomic E-state index is 0.380. The van der Waals surface area contributed by atoms with E-state index in [1.165, 1.54) is 12.8 Å². The van der Waals surface area contributed by atoms with E-state index >= 15 is 0 Å². The quantitative estimate of drug-likeness (QED) is 0.382. The fourth-order valence-electron chi connectivity index (χ4n) is 1.85. The second-order valence-electron chi connectivity index (χ2n) is 5.17. The Labute approximate surface area is 139 Å². The van der Waals surface area contributed by atoms with Crippen molar-refractivity contribution in [2.45, 2.75) is 52.4 Å². The van der Waals surface area contributed by atoms with Crippen molar-refractivity contribution in [2.75, 3.05) is 13.2 Å². The molecule has 1 atom stereocenters. The highest BCUT2D eigenvalue weighted by molar-refractivity contribution is 7.52. The second kappa shape index (κ2) is 11.1. The van der Waals surface area contributed by atoms with Crippen molar-refractivity contribution in [2.24, 2.45) is 0 Å². The molecule has 0 aliphatic rings. The Morgan fingerprint density at radius 3 is 2.50 bits per heavy atom. The number of halogens is 1. The van der Waals surface area contributed by atoms with Crippen LogP contribution >= 0.6 is 19.3 Å². The Balaban J connectivity index is 2.61. The van der Waals surface area contributed by atoms with E-state index in [2.05, 4.69) is 18.9 Å². The van der Waals surface area contributed by atoms with Gasteiger partial charge >= 0.3 is 7.75 Å². The minimum Gasteiger partial charge on any atom is -0.412 e. The first-order valence-electron chi connectivity index (χ1n) is 8.05. The van der Waals surface area contributed by atoms with Crippen molar-refractivity contribution in [1.82, 2.24) is 5.09 Å². The summed E-state index contributed by atoms with van der Waals surface area (Å²) >= 11 is 6.06. The lowest BCUT2D eigenvalue weighted by atomic mass is 10.2. The van der Waals surface area contributed by atoms with E-state index in [1.807, 2.05) is 0 Å². The van der Waals surface area contributed by atoms with Crippen LogP contribution in [0.4, 0.5) is 0 Å². The largest absolute Gasteiger partial charge is 0.458 e. The van der Waals surface area contributed by atoms with Gasteiger partial charge in [0.25, 0.3) is 0 Å². The lowest BCUT2D eigenvalue weighted by molar-refractivity contribution is 0.251. The molecule has 1 rings (SSSR count). The summed E-state index contributed by atoms with van der Waals surface area (Å²) in [6.07, 6.45) is 6.20. The molecule has 0 bridgehead atoms. The van der Waals surface area contributed by atoms with Crippen LogP contribution in [-0.4, -0.2) is 13.2 Å². The number of nitrogens with one attached hydrogen (secondary N) is 1. The highest BCUT2D eigenvalue weighted by Gasteiger charge is 2.26. The van der Waals surface area contributed by atoms with E-state index in [0.29, 0.717) is 23.9 Å². The van der Waals surface area contributed by atoms with Gasteiger partial charge in [0, 0.05) is 6.54 Å². The van der Waals surface area contributed by atoms with Crippen molar-refractivity contribution in [3.63, 3.8) is 0 Å². The normalized spacial score (nSPS) is 13.8. The summed E-state index contributed by atoms with van der Waals surface area (Å²) in [6, 6.07) is 6.99. The molecule has 126 valence electrons. The number of para-hydroxylation sites is 1. The third kappa shape index (κ3) is 7.64. The average Bonchev–Trinajstić information content (AvgIpc) is 2.50. The first-order valence-corrected chi connectivity index (χ1v) is 9.97. The van der Waals surface area contributed by atoms with Crippen molar-refractivity contribution < 1.29 is 13.6 Å². The van der Waals surface area contributed by atoms with Crippen molar-refractivity contribution in [1.29, 1.82) is 0 Å². The second-order valence-corrected chi connectivity index (χ2v) is 7.33. The number of hydrogen-bond donors (Lipinski definition) is 1. The zero-order chi connectivity index (χ0) is 16.3. The lowest BCUT2D eigenvalue weighted by Crippen LogP contribution is -2.18. The first kappa shape index (κ1) is 19.5. The van der Waals surface area contributed by atoms with Gasteiger partial charge in [-0.2, -0.15) is 0 Å². The van der Waals surface area contributed by atoms with E-state index in [1.54, 1.807) is 24.3 Å². The maximum atomic E-state index is 12.8. The predicted molar refractivity (Wildman–Crippen MR) is 92.7 cm³/mol. The van der Waals surface area contributed by atoms with Crippen LogP contribution in [0.3, 0.4) is 0 Å². The Bertz CT molecular complexity index is 470. The van der Waals surface area contributed by atoms with Gasteiger partial charge in [-0.3, -0.25) is 4.52 Å². The molecule has 0 aliphatic carbocycles. The van der Waals surface area contributed by atoms with Gasteiger partial charge in [-0.15, -0.1) is 0 Å². The third-order valence-corrected chi connectivity index (χ3v) is 5.03. The van der Waals surface area contributed by atoms with Crippen molar-refractivity contribution in [3.8, 4) is 5.75 Å². The molecule has 22 heavy (non-hydrogen) atoms. The van der Waals surface area contributed by atoms with Crippen LogP contribution in [0.2, 0.25) is 5.02 Å². The number of rotatable bonds is 12. The third-order valence-electron chi connectivity index (χ3n) is 3.15. The van der Waals surface area contributed by atoms with Gasteiger partial charge in [0.05, 0.1) is 11.6 Å². The Morgan fingerprint density at radius 1 is 1.09 bits per heavy atom. The molecule has 0 amide bonds. The van der Waals surface area contributed by atoms with Crippen LogP contribution in [-0.2, 0) is 9.09 Å². The van der Waals surface area contributed by atoms with Gasteiger partial charge in [-0.25, -0.2) is 9.65 Å². The number of unbranched alkanes of at least 4 members (excludes halogenated alkanes) is 4. The van der Waals surface area contributed by atoms with Crippen LogP contribution in [0.1, 0.15) is 52.4 Å². The maximum absolute atomic E-state index is 12.8. The van der Waals surface area contributed by atoms with E-state index in [-0.39, 0.29) is 0 Å². The molecule has 0 aliphatic heterocycles. The van der Waals surface area contributed by atoms with Gasteiger partial charge in [0.1, 0.15) is 5.75 Å². The summed E-state index contributed by atoms with van der Waals surface area (Å²) in [6.45, 7) is 5.22. The Hall–Kier alpha value is -0.540. The van der Waals surface area contributed by atoms with Crippen LogP contribution in [0.25, 0.3) is 0 Å². The number of benzene rings is 1. The smallest absolute Gasteiger partial charge is 0.412 e. The number of hydrogen-bond acceptors (Lipinski definition) is 3. The van der Waals surface area contributed by atoms with Crippen LogP contribution in [0, 0.1) is 0 Å². The lowest BCUT2D eigenvalue weighted by Gasteiger charge is -2.20. The molecule has 0 fully saturated rings. The fourth-order valence-corrected chi connectivity index (χ4v) is 3.51. The predicted octanol–water partition coefficient (Wildman–Crippen LogP) is 5.81. The maximum Gasteiger partial charge on any atom is 0.458 e. The zero-order valence-corrected chi connectivity index (χ0v) is 15.2. The van der Waals surface area contributed by atoms with Gasteiger partial charge < -0.3 is 4.52 Å². The van der Waals surface area contributed by atoms with Crippen molar-refractivity contribution >= 4 is 19.3 Å². The summed E-state index contributed by atoms with van der Waals surface area (Å²) in [5.41, 5.74) is 0. The monoisotopic (exact) mass is 347 g/mol. The summed E-state index contributed by atoms with van der Waals surface area (Å²) in [5, 5.41) is 3.37. The molecule has 1 aromatic rings. The first-order chi connectivity index (χ1) is 10.6. The standard InChI is InChI=1S/C16H27ClNO3P/c1-3-5-7-10-13-18-22(19,20-14-6-4-2)21-16-12-9-8-11-15(16)17/h8-9,11-12H,3-7,10,13-14H2,1-2H3,(H,18,19). The van der Waals surface area contributed by atoms with Gasteiger partial charge in [-0.1, -0.05) is 63.3 Å². The van der Waals surface area contributed by atoms with Crippen LogP contribution in [0.5, 0.6) is 5.75 Å². The Morgan fingerprint density at radius 2 is 1.82 bits per heavy atom. The molecule has 0 saturated heterocycles. The highest BCUT2D eigenvalue weighted by Crippen LogP contribution is 2.46. The van der Waals surface area contributed by atoms with Crippen LogP contribution < -0.4 is 9.61 Å². The topological polar surface area (TPSA) is 47.6 Å². The summed E-state index contributed by atoms with van der Waals surface area (Å²) in [7, 11) is -3.38. The molecule has 1 aromatic carbocycles. The molecule has 1 N–H and O–H groups in total. The summed E-state index contributed by atoms with van der Waals surface area (Å²) in [5.74, 6) is 0.380. The molecule has 0 saturated carbocycles. The van der Waals surface area contributed by atoms with Crippen molar-refractivity contribution in [3.05, 3.63) is 29.3 Å². The molecule has 4 nitrogen and oxygen atoms in total. The molecule has 0 aromatic heterocycles. The van der Waals surface area contributed by atoms with Crippen LogP contribution in [0.15, 0.2) is 24.3 Å². The van der Waals surface area contributed by atoms with E-state index in [4.69, 9.17) is 20.6 Å². The molecule has 1 unspecified atom stereocenters. The highest BCUT2D eigenvalue weighted by atomic mass is 35.5. The van der Waals surface area contributed by atoms with E-state index in [0.717, 1.165) is 25.7 Å². The molecule has 6 heteroatoms. The van der Waals surface area contributed by atoms with Gasteiger partial charge in [0.15, 0.2) is 0 Å². The fraction of sp³-hybridized carbons (Fsp3) is 0.625. The molecule has 0 spiro atoms. The average molecular weight is 348 g/mol. The summed E-state index contributed by atoms with van der Waals surface area (Å²) < 4.78 is 23.9. The summed E-state index contributed by atoms with van der Waals surface area (Å²) in [4.78, 5) is 0. The Kier molecular flexibility index (Phi) is 9.81. The minimum atomic E-state index is -3.38. The van der Waals surface area contributed by atoms with Gasteiger partial charge in [-0.05, 0) is 25.0 Å². The molecular formula is C16H27ClNO3P. The van der Waals surface area contributed by atoms with E-state index in [9.17, 15) is 4.57 Å². The van der Waals surface area contributed by atoms with E-state index < -0.39 is 7.75 Å². The molecule has 0 heterocycles. The zero-order valence-electron chi connectivity index (χ0n) is 13.5. The SMILES string of the molecule is CCCCCCNP(=O)(OCCCC)Oc1ccccc1Cl.